The summed E-state index contributed by atoms with van der Waals surface area (Å²) >= 11 is 5.93. The summed E-state index contributed by atoms with van der Waals surface area (Å²) in [4.78, 5) is 12.0. The van der Waals surface area contributed by atoms with E-state index in [2.05, 4.69) is 17.4 Å². The van der Waals surface area contributed by atoms with E-state index in [-0.39, 0.29) is 18.1 Å². The number of hydrogen-bond acceptors (Lipinski definition) is 3. The lowest BCUT2D eigenvalue weighted by atomic mass is 9.89. The maximum Gasteiger partial charge on any atom is 0.323 e. The SMILES string of the molecule is CN[C@H]1CCCC(Cc2ccc(Cl)cc2)CC(C)OC1=O. The van der Waals surface area contributed by atoms with Crippen molar-refractivity contribution in [2.45, 2.75) is 51.2 Å². The lowest BCUT2D eigenvalue weighted by Gasteiger charge is -2.20. The van der Waals surface area contributed by atoms with E-state index < -0.39 is 0 Å². The molecule has 4 heteroatoms. The number of cyclic esters (lactones) is 1. The summed E-state index contributed by atoms with van der Waals surface area (Å²) in [5.41, 5.74) is 1.30. The van der Waals surface area contributed by atoms with Crippen LogP contribution in [-0.4, -0.2) is 25.2 Å². The Morgan fingerprint density at radius 1 is 1.29 bits per heavy atom. The molecule has 3 nitrogen and oxygen atoms in total. The minimum atomic E-state index is -0.165. The molecule has 0 saturated carbocycles. The highest BCUT2D eigenvalue weighted by atomic mass is 35.5. The first-order valence-electron chi connectivity index (χ1n) is 7.70. The van der Waals surface area contributed by atoms with Crippen LogP contribution in [0.1, 0.15) is 38.2 Å². The molecular formula is C17H24ClNO2. The van der Waals surface area contributed by atoms with Crippen molar-refractivity contribution in [1.82, 2.24) is 5.32 Å². The van der Waals surface area contributed by atoms with Crippen molar-refractivity contribution >= 4 is 17.6 Å². The zero-order valence-corrected chi connectivity index (χ0v) is 13.5. The molecular weight excluding hydrogens is 286 g/mol. The lowest BCUT2D eigenvalue weighted by Crippen LogP contribution is -2.36. The molecule has 1 saturated heterocycles. The van der Waals surface area contributed by atoms with Crippen LogP contribution in [0.25, 0.3) is 0 Å². The van der Waals surface area contributed by atoms with Crippen molar-refractivity contribution in [2.75, 3.05) is 7.05 Å². The van der Waals surface area contributed by atoms with Gasteiger partial charge in [-0.25, -0.2) is 0 Å². The Hall–Kier alpha value is -1.06. The number of halogens is 1. The highest BCUT2D eigenvalue weighted by Gasteiger charge is 2.25. The van der Waals surface area contributed by atoms with E-state index in [1.54, 1.807) is 0 Å². The molecule has 2 unspecified atom stereocenters. The molecule has 3 atom stereocenters. The summed E-state index contributed by atoms with van der Waals surface area (Å²) in [5.74, 6) is 0.432. The average Bonchev–Trinajstić information content (AvgIpc) is 2.50. The molecule has 1 fully saturated rings. The van der Waals surface area contributed by atoms with Crippen molar-refractivity contribution in [3.8, 4) is 0 Å². The van der Waals surface area contributed by atoms with Crippen LogP contribution in [0.2, 0.25) is 5.02 Å². The van der Waals surface area contributed by atoms with Gasteiger partial charge in [-0.15, -0.1) is 0 Å². The van der Waals surface area contributed by atoms with Gasteiger partial charge in [-0.1, -0.05) is 30.2 Å². The standard InChI is InChI=1S/C17H24ClNO2/c1-12-10-14(11-13-6-8-15(18)9-7-13)4-3-5-16(19-2)17(20)21-12/h6-9,12,14,16,19H,3-5,10-11H2,1-2H3/t12?,14?,16-/m0/s1. The molecule has 116 valence electrons. The van der Waals surface area contributed by atoms with Crippen molar-refractivity contribution in [1.29, 1.82) is 0 Å². The fourth-order valence-corrected chi connectivity index (χ4v) is 3.17. The summed E-state index contributed by atoms with van der Waals surface area (Å²) in [5, 5.41) is 3.82. The Morgan fingerprint density at radius 3 is 2.67 bits per heavy atom. The molecule has 21 heavy (non-hydrogen) atoms. The molecule has 1 aromatic carbocycles. The highest BCUT2D eigenvalue weighted by molar-refractivity contribution is 6.30. The first-order valence-corrected chi connectivity index (χ1v) is 8.08. The van der Waals surface area contributed by atoms with Crippen molar-refractivity contribution in [3.63, 3.8) is 0 Å². The second kappa shape index (κ2) is 7.81. The number of carbonyl (C=O) groups is 1. The van der Waals surface area contributed by atoms with Crippen molar-refractivity contribution in [3.05, 3.63) is 34.9 Å². The summed E-state index contributed by atoms with van der Waals surface area (Å²) in [7, 11) is 1.82. The van der Waals surface area contributed by atoms with E-state index in [0.29, 0.717) is 5.92 Å². The topological polar surface area (TPSA) is 38.3 Å². The maximum absolute atomic E-state index is 12.0. The number of nitrogens with one attached hydrogen (secondary N) is 1. The summed E-state index contributed by atoms with van der Waals surface area (Å²) in [6.45, 7) is 1.99. The first-order chi connectivity index (χ1) is 10.1. The maximum atomic E-state index is 12.0. The van der Waals surface area contributed by atoms with E-state index in [4.69, 9.17) is 16.3 Å². The van der Waals surface area contributed by atoms with Gasteiger partial charge in [0.2, 0.25) is 0 Å². The highest BCUT2D eigenvalue weighted by Crippen LogP contribution is 2.25. The largest absolute Gasteiger partial charge is 0.462 e. The third-order valence-corrected chi connectivity index (χ3v) is 4.41. The number of benzene rings is 1. The third kappa shape index (κ3) is 5.01. The third-order valence-electron chi connectivity index (χ3n) is 4.16. The minimum Gasteiger partial charge on any atom is -0.462 e. The number of hydrogen-bond donors (Lipinski definition) is 1. The molecule has 1 aliphatic heterocycles. The van der Waals surface area contributed by atoms with Crippen LogP contribution in [-0.2, 0) is 16.0 Å². The van der Waals surface area contributed by atoms with Gasteiger partial charge in [0.1, 0.15) is 6.04 Å². The van der Waals surface area contributed by atoms with Crippen LogP contribution in [0.5, 0.6) is 0 Å². The predicted octanol–water partition coefficient (Wildman–Crippen LogP) is 3.59. The van der Waals surface area contributed by atoms with E-state index in [9.17, 15) is 4.79 Å². The van der Waals surface area contributed by atoms with Crippen LogP contribution in [0.3, 0.4) is 0 Å². The van der Waals surface area contributed by atoms with Crippen molar-refractivity contribution in [2.24, 2.45) is 5.92 Å². The van der Waals surface area contributed by atoms with E-state index in [1.807, 2.05) is 26.1 Å². The smallest absolute Gasteiger partial charge is 0.323 e. The Morgan fingerprint density at radius 2 is 2.00 bits per heavy atom. The van der Waals surface area contributed by atoms with Crippen LogP contribution in [0, 0.1) is 5.92 Å². The molecule has 0 aromatic heterocycles. The van der Waals surface area contributed by atoms with Crippen LogP contribution in [0.4, 0.5) is 0 Å². The Bertz CT molecular complexity index is 460. The van der Waals surface area contributed by atoms with Gasteiger partial charge >= 0.3 is 5.97 Å². The van der Waals surface area contributed by atoms with Crippen LogP contribution < -0.4 is 5.32 Å². The Balaban J connectivity index is 1.99. The predicted molar refractivity (Wildman–Crippen MR) is 85.5 cm³/mol. The molecule has 1 N–H and O–H groups in total. The monoisotopic (exact) mass is 309 g/mol. The van der Waals surface area contributed by atoms with Gasteiger partial charge < -0.3 is 10.1 Å². The van der Waals surface area contributed by atoms with E-state index in [0.717, 1.165) is 37.1 Å². The molecule has 1 aromatic rings. The normalized spacial score (nSPS) is 27.4. The fourth-order valence-electron chi connectivity index (χ4n) is 3.05. The number of carbonyl (C=O) groups excluding carboxylic acids is 1. The number of esters is 1. The van der Waals surface area contributed by atoms with E-state index in [1.165, 1.54) is 5.56 Å². The molecule has 2 rings (SSSR count). The lowest BCUT2D eigenvalue weighted by molar-refractivity contribution is -0.151. The van der Waals surface area contributed by atoms with Gasteiger partial charge in [-0.3, -0.25) is 4.79 Å². The van der Waals surface area contributed by atoms with Gasteiger partial charge in [0.15, 0.2) is 0 Å². The second-order valence-corrected chi connectivity index (χ2v) is 6.39. The second-order valence-electron chi connectivity index (χ2n) is 5.95. The van der Waals surface area contributed by atoms with E-state index >= 15 is 0 Å². The van der Waals surface area contributed by atoms with Gasteiger partial charge in [0.05, 0.1) is 6.10 Å². The summed E-state index contributed by atoms with van der Waals surface area (Å²) < 4.78 is 5.54. The fraction of sp³-hybridized carbons (Fsp3) is 0.588. The molecule has 0 bridgehead atoms. The first kappa shape index (κ1) is 16.3. The van der Waals surface area contributed by atoms with Gasteiger partial charge in [-0.2, -0.15) is 0 Å². The minimum absolute atomic E-state index is 0.0243. The van der Waals surface area contributed by atoms with Crippen LogP contribution in [0.15, 0.2) is 24.3 Å². The van der Waals surface area contributed by atoms with Crippen molar-refractivity contribution < 1.29 is 9.53 Å². The summed E-state index contributed by atoms with van der Waals surface area (Å²) in [6.07, 6.45) is 4.93. The molecule has 0 amide bonds. The van der Waals surface area contributed by atoms with Gasteiger partial charge in [0.25, 0.3) is 0 Å². The van der Waals surface area contributed by atoms with Crippen LogP contribution >= 0.6 is 11.6 Å². The zero-order chi connectivity index (χ0) is 15.2. The number of likely N-dealkylation sites (N-methyl/N-ethyl adjacent to an activating group) is 1. The molecule has 0 spiro atoms. The van der Waals surface area contributed by atoms with Gasteiger partial charge in [-0.05, 0) is 63.3 Å². The van der Waals surface area contributed by atoms with Gasteiger partial charge in [0, 0.05) is 5.02 Å². The molecule has 1 aliphatic rings. The Kier molecular flexibility index (Phi) is 6.07. The zero-order valence-electron chi connectivity index (χ0n) is 12.8. The number of ether oxygens (including phenoxy) is 1. The summed E-state index contributed by atoms with van der Waals surface area (Å²) in [6, 6.07) is 7.88. The molecule has 1 heterocycles. The molecule has 0 radical (unpaired) electrons. The molecule has 0 aliphatic carbocycles. The Labute approximate surface area is 132 Å². The quantitative estimate of drug-likeness (QED) is 0.867. The number of rotatable bonds is 3. The average molecular weight is 310 g/mol.